The quantitative estimate of drug-likeness (QED) is 0.316. The molecule has 0 bridgehead atoms. The molecular weight excluding hydrogens is 584 g/mol. The summed E-state index contributed by atoms with van der Waals surface area (Å²) in [4.78, 5) is 54.3. The number of anilines is 3. The van der Waals surface area contributed by atoms with E-state index < -0.39 is 23.6 Å². The zero-order valence-corrected chi connectivity index (χ0v) is 25.1. The van der Waals surface area contributed by atoms with Gasteiger partial charge in [-0.05, 0) is 72.3 Å². The molecule has 0 unspecified atom stereocenters. The van der Waals surface area contributed by atoms with Crippen molar-refractivity contribution in [1.29, 1.82) is 0 Å². The van der Waals surface area contributed by atoms with E-state index >= 15 is 0 Å². The highest BCUT2D eigenvalue weighted by Gasteiger charge is 2.36. The summed E-state index contributed by atoms with van der Waals surface area (Å²) < 4.78 is 16.5. The van der Waals surface area contributed by atoms with Crippen LogP contribution in [0.5, 0.6) is 11.5 Å². The third-order valence-electron chi connectivity index (χ3n) is 6.85. The van der Waals surface area contributed by atoms with Crippen LogP contribution in [0.2, 0.25) is 0 Å². The van der Waals surface area contributed by atoms with Gasteiger partial charge < -0.3 is 29.7 Å². The number of aryl methyl sites for hydroxylation is 1. The molecule has 2 N–H and O–H groups in total. The van der Waals surface area contributed by atoms with Gasteiger partial charge in [-0.15, -0.1) is 0 Å². The zero-order chi connectivity index (χ0) is 31.1. The molecule has 11 nitrogen and oxygen atoms in total. The second-order valence-electron chi connectivity index (χ2n) is 10.0. The second kappa shape index (κ2) is 14.1. The lowest BCUT2D eigenvalue weighted by molar-refractivity contribution is -0.127. The first kappa shape index (κ1) is 30.6. The molecule has 3 aromatic carbocycles. The van der Waals surface area contributed by atoms with E-state index in [0.29, 0.717) is 54.7 Å². The summed E-state index contributed by atoms with van der Waals surface area (Å²) in [5, 5.41) is 5.09. The van der Waals surface area contributed by atoms with Crippen LogP contribution in [-0.4, -0.2) is 74.4 Å². The minimum atomic E-state index is -0.566. The number of carbonyl (C=O) groups is 4. The van der Waals surface area contributed by atoms with Crippen molar-refractivity contribution in [2.24, 2.45) is 0 Å². The van der Waals surface area contributed by atoms with Gasteiger partial charge in [0.25, 0.3) is 17.1 Å². The van der Waals surface area contributed by atoms with Crippen molar-refractivity contribution in [1.82, 2.24) is 4.90 Å². The first-order chi connectivity index (χ1) is 21.3. The fourth-order valence-corrected chi connectivity index (χ4v) is 5.58. The number of imide groups is 1. The molecule has 0 atom stereocenters. The highest BCUT2D eigenvalue weighted by molar-refractivity contribution is 8.18. The molecule has 228 valence electrons. The van der Waals surface area contributed by atoms with Gasteiger partial charge in [0.05, 0.1) is 36.6 Å². The van der Waals surface area contributed by atoms with E-state index in [1.807, 2.05) is 43.3 Å². The van der Waals surface area contributed by atoms with E-state index in [1.165, 1.54) is 7.11 Å². The first-order valence-electron chi connectivity index (χ1n) is 13.9. The number of methoxy groups -OCH3 is 1. The van der Waals surface area contributed by atoms with Crippen LogP contribution >= 0.6 is 11.8 Å². The van der Waals surface area contributed by atoms with Gasteiger partial charge in [0.1, 0.15) is 6.54 Å². The van der Waals surface area contributed by atoms with Crippen LogP contribution in [0.25, 0.3) is 6.08 Å². The molecule has 4 amide bonds. The third kappa shape index (κ3) is 7.57. The molecule has 0 radical (unpaired) electrons. The topological polar surface area (TPSA) is 127 Å². The summed E-state index contributed by atoms with van der Waals surface area (Å²) in [6.45, 7) is 3.87. The van der Waals surface area contributed by atoms with Crippen LogP contribution in [0.15, 0.2) is 71.6 Å². The molecule has 44 heavy (non-hydrogen) atoms. The Bertz CT molecular complexity index is 1600. The molecule has 2 aliphatic heterocycles. The van der Waals surface area contributed by atoms with Gasteiger partial charge in [-0.3, -0.25) is 24.1 Å². The maximum Gasteiger partial charge on any atom is 0.294 e. The molecule has 2 heterocycles. The van der Waals surface area contributed by atoms with Crippen LogP contribution < -0.4 is 25.0 Å². The summed E-state index contributed by atoms with van der Waals surface area (Å²) in [5.74, 6) is -0.692. The molecule has 0 spiro atoms. The normalized spacial score (nSPS) is 15.8. The minimum Gasteiger partial charge on any atom is -0.493 e. The van der Waals surface area contributed by atoms with Gasteiger partial charge in [-0.2, -0.15) is 0 Å². The number of para-hydroxylation sites is 2. The number of thioether (sulfide) groups is 1. The Hall–Kier alpha value is -4.81. The van der Waals surface area contributed by atoms with Crippen LogP contribution in [0, 0.1) is 6.92 Å². The molecule has 3 aromatic rings. The number of hydrogen-bond acceptors (Lipinski definition) is 9. The fourth-order valence-electron chi connectivity index (χ4n) is 4.74. The van der Waals surface area contributed by atoms with E-state index in [4.69, 9.17) is 14.2 Å². The number of nitrogens with zero attached hydrogens (tertiary/aromatic N) is 2. The van der Waals surface area contributed by atoms with Crippen LogP contribution in [-0.2, 0) is 19.1 Å². The summed E-state index contributed by atoms with van der Waals surface area (Å²) in [6.07, 6.45) is 1.55. The number of hydrogen-bond donors (Lipinski definition) is 2. The fraction of sp³-hybridized carbons (Fsp3) is 0.250. The van der Waals surface area contributed by atoms with Crippen LogP contribution in [0.4, 0.5) is 21.9 Å². The average Bonchev–Trinajstić information content (AvgIpc) is 3.28. The lowest BCUT2D eigenvalue weighted by Crippen LogP contribution is -2.38. The van der Waals surface area contributed by atoms with Crippen molar-refractivity contribution in [2.45, 2.75) is 6.92 Å². The minimum absolute atomic E-state index is 0.171. The van der Waals surface area contributed by atoms with Gasteiger partial charge in [0.2, 0.25) is 5.91 Å². The largest absolute Gasteiger partial charge is 0.493 e. The summed E-state index contributed by atoms with van der Waals surface area (Å²) in [6, 6.07) is 19.8. The Kier molecular flexibility index (Phi) is 9.82. The van der Waals surface area contributed by atoms with Crippen molar-refractivity contribution >= 4 is 57.9 Å². The van der Waals surface area contributed by atoms with E-state index in [2.05, 4.69) is 15.5 Å². The lowest BCUT2D eigenvalue weighted by atomic mass is 10.2. The first-order valence-corrected chi connectivity index (χ1v) is 14.8. The van der Waals surface area contributed by atoms with Gasteiger partial charge in [0.15, 0.2) is 18.1 Å². The van der Waals surface area contributed by atoms with E-state index in [1.54, 1.807) is 36.4 Å². The standard InChI is InChI=1S/C32H32N4O7S/c1-21-6-5-7-23(16-21)33-30(38)20-43-26-11-10-22(17-27(26)41-2)18-28-31(39)36(32(40)44-28)19-29(37)34-24-8-3-4-9-25(24)35-12-14-42-15-13-35/h3-11,16-18H,12-15,19-20H2,1-2H3,(H,33,38)(H,34,37)/b28-18+. The predicted octanol–water partition coefficient (Wildman–Crippen LogP) is 4.53. The SMILES string of the molecule is COc1cc(/C=C2/SC(=O)N(CC(=O)Nc3ccccc3N3CCOCC3)C2=O)ccc1OCC(=O)Nc1cccc(C)c1. The molecule has 0 aromatic heterocycles. The molecular formula is C32H32N4O7S. The zero-order valence-electron chi connectivity index (χ0n) is 24.3. The van der Waals surface area contributed by atoms with Crippen molar-refractivity contribution in [3.8, 4) is 11.5 Å². The summed E-state index contributed by atoms with van der Waals surface area (Å²) in [5.41, 5.74) is 3.72. The number of rotatable bonds is 10. The van der Waals surface area contributed by atoms with Gasteiger partial charge in [-0.25, -0.2) is 0 Å². The molecule has 12 heteroatoms. The third-order valence-corrected chi connectivity index (χ3v) is 7.76. The van der Waals surface area contributed by atoms with E-state index in [9.17, 15) is 19.2 Å². The van der Waals surface area contributed by atoms with Crippen LogP contribution in [0.1, 0.15) is 11.1 Å². The highest BCUT2D eigenvalue weighted by atomic mass is 32.2. The Morgan fingerprint density at radius 1 is 0.955 bits per heavy atom. The number of carbonyl (C=O) groups excluding carboxylic acids is 4. The molecule has 5 rings (SSSR count). The molecule has 2 saturated heterocycles. The summed E-state index contributed by atoms with van der Waals surface area (Å²) >= 11 is 0.756. The van der Waals surface area contributed by atoms with E-state index in [0.717, 1.165) is 27.9 Å². The molecule has 0 aliphatic carbocycles. The van der Waals surface area contributed by atoms with Crippen molar-refractivity contribution in [3.63, 3.8) is 0 Å². The van der Waals surface area contributed by atoms with Crippen molar-refractivity contribution in [3.05, 3.63) is 82.8 Å². The maximum absolute atomic E-state index is 13.1. The number of benzene rings is 3. The van der Waals surface area contributed by atoms with Gasteiger partial charge in [0, 0.05) is 18.8 Å². The van der Waals surface area contributed by atoms with Gasteiger partial charge in [-0.1, -0.05) is 30.3 Å². The Balaban J connectivity index is 1.20. The highest BCUT2D eigenvalue weighted by Crippen LogP contribution is 2.35. The van der Waals surface area contributed by atoms with E-state index in [-0.39, 0.29) is 17.4 Å². The summed E-state index contributed by atoms with van der Waals surface area (Å²) in [7, 11) is 1.46. The number of morpholine rings is 1. The second-order valence-corrected chi connectivity index (χ2v) is 11.0. The number of ether oxygens (including phenoxy) is 3. The maximum atomic E-state index is 13.1. The lowest BCUT2D eigenvalue weighted by Gasteiger charge is -2.30. The Morgan fingerprint density at radius 2 is 1.75 bits per heavy atom. The van der Waals surface area contributed by atoms with Gasteiger partial charge >= 0.3 is 0 Å². The number of nitrogens with one attached hydrogen (secondary N) is 2. The predicted molar refractivity (Wildman–Crippen MR) is 169 cm³/mol. The van der Waals surface area contributed by atoms with Crippen molar-refractivity contribution < 1.29 is 33.4 Å². The molecule has 2 fully saturated rings. The average molecular weight is 617 g/mol. The molecule has 0 saturated carbocycles. The smallest absolute Gasteiger partial charge is 0.294 e. The van der Waals surface area contributed by atoms with Crippen molar-refractivity contribution in [2.75, 3.05) is 62.1 Å². The Labute approximate surface area is 259 Å². The monoisotopic (exact) mass is 616 g/mol. The number of amides is 4. The Morgan fingerprint density at radius 3 is 2.52 bits per heavy atom. The van der Waals surface area contributed by atoms with Crippen LogP contribution in [0.3, 0.4) is 0 Å². The molecule has 2 aliphatic rings.